The Hall–Kier alpha value is -2.46. The van der Waals surface area contributed by atoms with Crippen molar-refractivity contribution < 1.29 is 14.3 Å². The van der Waals surface area contributed by atoms with E-state index in [0.29, 0.717) is 39.1 Å². The summed E-state index contributed by atoms with van der Waals surface area (Å²) in [5, 5.41) is 10.5. The molecule has 0 amide bonds. The molecule has 8 heteroatoms. The maximum atomic E-state index is 12.7. The van der Waals surface area contributed by atoms with E-state index in [1.807, 2.05) is 12.1 Å². The van der Waals surface area contributed by atoms with Crippen LogP contribution < -0.4 is 14.4 Å². The van der Waals surface area contributed by atoms with Gasteiger partial charge in [0.1, 0.15) is 6.07 Å². The summed E-state index contributed by atoms with van der Waals surface area (Å²) in [4.78, 5) is 17.3. The third-order valence-corrected chi connectivity index (χ3v) is 6.25. The van der Waals surface area contributed by atoms with Gasteiger partial charge in [0.25, 0.3) is 0 Å². The summed E-state index contributed by atoms with van der Waals surface area (Å²) < 4.78 is 10.5. The van der Waals surface area contributed by atoms with Gasteiger partial charge in [-0.2, -0.15) is 5.26 Å². The number of nitriles is 1. The van der Waals surface area contributed by atoms with Gasteiger partial charge >= 0.3 is 0 Å². The number of carbonyl (C=O) groups is 1. The number of piperazine rings is 1. The van der Waals surface area contributed by atoms with Crippen LogP contribution in [0.3, 0.4) is 0 Å². The van der Waals surface area contributed by atoms with Crippen LogP contribution in [0.1, 0.15) is 28.8 Å². The lowest BCUT2D eigenvalue weighted by molar-refractivity contribution is 0.0973. The lowest BCUT2D eigenvalue weighted by Gasteiger charge is -2.36. The number of ether oxygens (including phenoxy) is 2. The number of anilines is 1. The van der Waals surface area contributed by atoms with Crippen molar-refractivity contribution in [3.8, 4) is 17.6 Å². The number of hydrogen-bond donors (Lipinski definition) is 0. The zero-order valence-electron chi connectivity index (χ0n) is 17.7. The van der Waals surface area contributed by atoms with Crippen molar-refractivity contribution in [3.63, 3.8) is 0 Å². The zero-order valence-corrected chi connectivity index (χ0v) is 19.2. The molecule has 1 heterocycles. The lowest BCUT2D eigenvalue weighted by atomic mass is 10.0. The zero-order chi connectivity index (χ0) is 22.4. The van der Waals surface area contributed by atoms with E-state index in [1.54, 1.807) is 18.2 Å². The Labute approximate surface area is 192 Å². The third kappa shape index (κ3) is 5.43. The van der Waals surface area contributed by atoms with Crippen LogP contribution in [-0.4, -0.2) is 57.6 Å². The van der Waals surface area contributed by atoms with E-state index in [1.165, 1.54) is 14.2 Å². The van der Waals surface area contributed by atoms with Crippen molar-refractivity contribution in [1.82, 2.24) is 4.90 Å². The largest absolute Gasteiger partial charge is 0.493 e. The number of methoxy groups -OCH3 is 2. The van der Waals surface area contributed by atoms with E-state index >= 15 is 0 Å². The molecule has 2 aromatic rings. The minimum Gasteiger partial charge on any atom is -0.493 e. The molecule has 0 aliphatic carbocycles. The van der Waals surface area contributed by atoms with Gasteiger partial charge in [-0.1, -0.05) is 29.3 Å². The van der Waals surface area contributed by atoms with Gasteiger partial charge in [0.2, 0.25) is 0 Å². The first-order valence-corrected chi connectivity index (χ1v) is 10.8. The van der Waals surface area contributed by atoms with Crippen molar-refractivity contribution in [3.05, 3.63) is 51.5 Å². The maximum absolute atomic E-state index is 12.7. The highest BCUT2D eigenvalue weighted by atomic mass is 35.5. The molecule has 0 saturated carbocycles. The smallest absolute Gasteiger partial charge is 0.178 e. The highest BCUT2D eigenvalue weighted by molar-refractivity contribution is 6.43. The van der Waals surface area contributed by atoms with Gasteiger partial charge in [-0.25, -0.2) is 0 Å². The maximum Gasteiger partial charge on any atom is 0.178 e. The Kier molecular flexibility index (Phi) is 8.03. The molecule has 0 N–H and O–H groups in total. The van der Waals surface area contributed by atoms with Crippen LogP contribution >= 0.6 is 23.2 Å². The van der Waals surface area contributed by atoms with Crippen molar-refractivity contribution in [2.45, 2.75) is 12.8 Å². The molecule has 0 bridgehead atoms. The summed E-state index contributed by atoms with van der Waals surface area (Å²) in [5.74, 6) is 0.724. The molecule has 1 fully saturated rings. The van der Waals surface area contributed by atoms with Gasteiger partial charge in [-0.15, -0.1) is 0 Å². The predicted octanol–water partition coefficient (Wildman–Crippen LogP) is 4.67. The van der Waals surface area contributed by atoms with Crippen molar-refractivity contribution in [2.75, 3.05) is 51.8 Å². The first-order valence-electron chi connectivity index (χ1n) is 10.1. The Balaban J connectivity index is 1.52. The average molecular weight is 462 g/mol. The number of benzene rings is 2. The van der Waals surface area contributed by atoms with E-state index in [-0.39, 0.29) is 5.78 Å². The summed E-state index contributed by atoms with van der Waals surface area (Å²) in [6.45, 7) is 4.34. The highest BCUT2D eigenvalue weighted by Gasteiger charge is 2.20. The van der Waals surface area contributed by atoms with Gasteiger partial charge in [0.05, 0.1) is 35.5 Å². The second-order valence-corrected chi connectivity index (χ2v) is 8.08. The van der Waals surface area contributed by atoms with Crippen LogP contribution in [0.4, 0.5) is 5.69 Å². The van der Waals surface area contributed by atoms with E-state index in [4.69, 9.17) is 32.7 Å². The molecule has 6 nitrogen and oxygen atoms in total. The molecule has 0 aromatic heterocycles. The fourth-order valence-electron chi connectivity index (χ4n) is 3.77. The number of nitrogens with zero attached hydrogens (tertiary/aromatic N) is 3. The Bertz CT molecular complexity index is 983. The first kappa shape index (κ1) is 23.2. The molecule has 1 aliphatic rings. The average Bonchev–Trinajstić information content (AvgIpc) is 2.80. The number of rotatable bonds is 8. The highest BCUT2D eigenvalue weighted by Crippen LogP contribution is 2.34. The second kappa shape index (κ2) is 10.7. The first-order chi connectivity index (χ1) is 15.0. The van der Waals surface area contributed by atoms with Crippen molar-refractivity contribution in [1.29, 1.82) is 5.26 Å². The predicted molar refractivity (Wildman–Crippen MR) is 123 cm³/mol. The molecule has 0 radical (unpaired) electrons. The molecular weight excluding hydrogens is 437 g/mol. The normalized spacial score (nSPS) is 14.2. The SMILES string of the molecule is COc1cc(C(=O)CCCN2CCN(c3cccc(Cl)c3Cl)CC2)cc(C#N)c1OC. The molecule has 0 spiro atoms. The molecule has 1 aliphatic heterocycles. The Morgan fingerprint density at radius 1 is 1.13 bits per heavy atom. The van der Waals surface area contributed by atoms with Crippen LogP contribution in [-0.2, 0) is 0 Å². The third-order valence-electron chi connectivity index (χ3n) is 5.44. The van der Waals surface area contributed by atoms with Gasteiger partial charge in [-0.05, 0) is 37.2 Å². The van der Waals surface area contributed by atoms with Crippen molar-refractivity contribution >= 4 is 34.7 Å². The number of hydrogen-bond acceptors (Lipinski definition) is 6. The fraction of sp³-hybridized carbons (Fsp3) is 0.391. The van der Waals surface area contributed by atoms with E-state index in [2.05, 4.69) is 15.9 Å². The number of ketones is 1. The van der Waals surface area contributed by atoms with Crippen LogP contribution in [0.25, 0.3) is 0 Å². The summed E-state index contributed by atoms with van der Waals surface area (Å²) in [6.07, 6.45) is 1.15. The van der Waals surface area contributed by atoms with E-state index in [9.17, 15) is 10.1 Å². The van der Waals surface area contributed by atoms with Gasteiger partial charge < -0.3 is 14.4 Å². The number of Topliss-reactive ketones (excluding diaryl/α,β-unsaturated/α-hetero) is 1. The van der Waals surface area contributed by atoms with Gasteiger partial charge in [-0.3, -0.25) is 9.69 Å². The minimum absolute atomic E-state index is 0.0122. The standard InChI is InChI=1S/C23H25Cl2N3O3/c1-30-21-14-16(13-17(15-26)23(21)31-2)20(29)7-4-8-27-9-11-28(12-10-27)19-6-3-5-18(24)22(19)25/h3,5-6,13-14H,4,7-12H2,1-2H3. The molecule has 0 atom stereocenters. The topological polar surface area (TPSA) is 65.8 Å². The van der Waals surface area contributed by atoms with Gasteiger partial charge in [0.15, 0.2) is 17.3 Å². The van der Waals surface area contributed by atoms with Crippen LogP contribution in [0, 0.1) is 11.3 Å². The summed E-state index contributed by atoms with van der Waals surface area (Å²) >= 11 is 12.5. The monoisotopic (exact) mass is 461 g/mol. The molecule has 31 heavy (non-hydrogen) atoms. The molecular formula is C23H25Cl2N3O3. The number of carbonyl (C=O) groups excluding carboxylic acids is 1. The molecule has 1 saturated heterocycles. The lowest BCUT2D eigenvalue weighted by Crippen LogP contribution is -2.46. The molecule has 3 rings (SSSR count). The molecule has 0 unspecified atom stereocenters. The fourth-order valence-corrected chi connectivity index (χ4v) is 4.18. The van der Waals surface area contributed by atoms with E-state index in [0.717, 1.165) is 44.8 Å². The summed E-state index contributed by atoms with van der Waals surface area (Å²) in [5.41, 5.74) is 1.72. The minimum atomic E-state index is -0.0122. The number of halogens is 2. The summed E-state index contributed by atoms with van der Waals surface area (Å²) in [6, 6.07) is 11.0. The van der Waals surface area contributed by atoms with Crippen molar-refractivity contribution in [2.24, 2.45) is 0 Å². The van der Waals surface area contributed by atoms with Gasteiger partial charge in [0, 0.05) is 38.2 Å². The molecule has 164 valence electrons. The Morgan fingerprint density at radius 2 is 1.87 bits per heavy atom. The summed E-state index contributed by atoms with van der Waals surface area (Å²) in [7, 11) is 2.96. The Morgan fingerprint density at radius 3 is 2.52 bits per heavy atom. The van der Waals surface area contributed by atoms with Crippen LogP contribution in [0.5, 0.6) is 11.5 Å². The molecule has 2 aromatic carbocycles. The quantitative estimate of drug-likeness (QED) is 0.532. The van der Waals surface area contributed by atoms with E-state index < -0.39 is 0 Å². The van der Waals surface area contributed by atoms with Crippen LogP contribution in [0.2, 0.25) is 10.0 Å². The van der Waals surface area contributed by atoms with Crippen LogP contribution in [0.15, 0.2) is 30.3 Å². The second-order valence-electron chi connectivity index (χ2n) is 7.30.